The summed E-state index contributed by atoms with van der Waals surface area (Å²) in [7, 11) is -23.6. The molecule has 4 bridgehead atoms. The lowest BCUT2D eigenvalue weighted by Crippen LogP contribution is -2.60. The highest BCUT2D eigenvalue weighted by Gasteiger charge is 2.60. The smallest absolute Gasteiger partial charge is 0.320 e. The second-order valence-corrected chi connectivity index (χ2v) is 50.7. The predicted molar refractivity (Wildman–Crippen MR) is 239 cm³/mol. The Hall–Kier alpha value is 2.12. The Labute approximate surface area is 344 Å². The summed E-state index contributed by atoms with van der Waals surface area (Å²) < 4.78 is 80.1. The summed E-state index contributed by atoms with van der Waals surface area (Å²) in [4.78, 5) is 0. The molecule has 54 heavy (non-hydrogen) atoms. The van der Waals surface area contributed by atoms with E-state index >= 15 is 0 Å². The molecule has 7 rings (SSSR count). The molecule has 0 N–H and O–H groups in total. The average molecular weight is 962 g/mol. The van der Waals surface area contributed by atoms with Gasteiger partial charge in [-0.2, -0.15) is 0 Å². The fourth-order valence-electron chi connectivity index (χ4n) is 12.4. The molecule has 4 saturated carbocycles. The molecule has 0 aromatic rings. The van der Waals surface area contributed by atoms with Crippen LogP contribution in [0.2, 0.25) is 102 Å². The van der Waals surface area contributed by atoms with Gasteiger partial charge in [-0.15, -0.1) is 0 Å². The maximum atomic E-state index is 7.14. The van der Waals surface area contributed by atoms with Crippen molar-refractivity contribution in [3.05, 3.63) is 0 Å². The summed E-state index contributed by atoms with van der Waals surface area (Å²) in [6.07, 6.45) is 10.0. The highest BCUT2D eigenvalue weighted by molar-refractivity contribution is 6.86. The molecule has 0 aromatic carbocycles. The van der Waals surface area contributed by atoms with Crippen molar-refractivity contribution in [3.8, 4) is 0 Å². The molecule has 3 saturated heterocycles. The van der Waals surface area contributed by atoms with E-state index in [0.717, 1.165) is 35.8 Å². The van der Waals surface area contributed by atoms with Crippen molar-refractivity contribution in [1.82, 2.24) is 0 Å². The van der Waals surface area contributed by atoms with Crippen LogP contribution in [-0.2, 0) is 49.4 Å². The van der Waals surface area contributed by atoms with Crippen molar-refractivity contribution in [2.45, 2.75) is 153 Å². The number of hydrogen-bond acceptors (Lipinski definition) is 12. The van der Waals surface area contributed by atoms with Crippen LogP contribution in [0.3, 0.4) is 0 Å². The largest absolute Gasteiger partial charge is 0.420 e. The minimum absolute atomic E-state index is 0.537. The first kappa shape index (κ1) is 44.2. The van der Waals surface area contributed by atoms with Gasteiger partial charge in [-0.1, -0.05) is 0 Å². The van der Waals surface area contributed by atoms with Crippen LogP contribution in [0.5, 0.6) is 0 Å². The summed E-state index contributed by atoms with van der Waals surface area (Å²) >= 11 is 0. The van der Waals surface area contributed by atoms with Gasteiger partial charge in [0.2, 0.25) is 0 Å². The van der Waals surface area contributed by atoms with Gasteiger partial charge in [-0.3, -0.25) is 0 Å². The summed E-state index contributed by atoms with van der Waals surface area (Å²) in [5, 5.41) is 0. The molecule has 7 fully saturated rings. The van der Waals surface area contributed by atoms with Crippen LogP contribution >= 0.6 is 0 Å². The third-order valence-electron chi connectivity index (χ3n) is 14.1. The SMILES string of the molecule is C[SiH]1O[SiH](C)O[Si](C)(CCC2CC3CC2CC3[Si]2(C)O[SiH](C)O[Si](C)(CCC3CC4CC3CC4[Si]3(C)O[SiH](C)O[SiH](C)O[SiH](C)O3)O[SiH](C)O2)O[SiH](C)O1. The van der Waals surface area contributed by atoms with E-state index < -0.39 is 109 Å². The van der Waals surface area contributed by atoms with Gasteiger partial charge in [0.15, 0.2) is 0 Å². The molecule has 0 aromatic heterocycles. The topological polar surface area (TPSA) is 111 Å². The Morgan fingerprint density at radius 1 is 0.370 bits per heavy atom. The quantitative estimate of drug-likeness (QED) is 0.308. The first-order valence-electron chi connectivity index (χ1n) is 21.4. The van der Waals surface area contributed by atoms with Crippen molar-refractivity contribution in [3.63, 3.8) is 0 Å². The first-order valence-corrected chi connectivity index (χ1v) is 48.0. The summed E-state index contributed by atoms with van der Waals surface area (Å²) in [6.45, 7) is 26.6. The van der Waals surface area contributed by atoms with E-state index in [1.54, 1.807) is 0 Å². The van der Waals surface area contributed by atoms with Crippen molar-refractivity contribution in [2.75, 3.05) is 0 Å². The van der Waals surface area contributed by atoms with Crippen LogP contribution in [0.1, 0.15) is 51.4 Å². The Kier molecular flexibility index (Phi) is 14.3. The second kappa shape index (κ2) is 17.5. The van der Waals surface area contributed by atoms with Crippen LogP contribution in [0, 0.1) is 35.5 Å². The zero-order valence-electron chi connectivity index (χ0n) is 35.2. The molecule has 12 nitrogen and oxygen atoms in total. The number of rotatable bonds is 8. The van der Waals surface area contributed by atoms with Crippen molar-refractivity contribution >= 4 is 109 Å². The summed E-state index contributed by atoms with van der Waals surface area (Å²) in [6, 6.07) is 2.08. The summed E-state index contributed by atoms with van der Waals surface area (Å²) in [5.74, 6) is 4.34. The van der Waals surface area contributed by atoms with Crippen LogP contribution in [0.25, 0.3) is 0 Å². The third-order valence-corrected chi connectivity index (χ3v) is 58.9. The van der Waals surface area contributed by atoms with E-state index in [9.17, 15) is 0 Å². The molecular weight excluding hydrogens is 889 g/mol. The molecule has 3 aliphatic heterocycles. The molecule has 4 aliphatic carbocycles. The number of fused-ring (bicyclic) bond motifs is 4. The Morgan fingerprint density at radius 3 is 1.02 bits per heavy atom. The normalized spacial score (nSPS) is 55.8. The van der Waals surface area contributed by atoms with E-state index in [1.165, 1.54) is 51.4 Å². The predicted octanol–water partition coefficient (Wildman–Crippen LogP) is 4.93. The number of hydrogen-bond donors (Lipinski definition) is 0. The van der Waals surface area contributed by atoms with Crippen LogP contribution in [0.15, 0.2) is 0 Å². The minimum Gasteiger partial charge on any atom is -0.420 e. The minimum atomic E-state index is -2.47. The fourth-order valence-corrected chi connectivity index (χ4v) is 61.7. The second-order valence-electron chi connectivity index (χ2n) is 18.6. The highest BCUT2D eigenvalue weighted by atomic mass is 28.5. The average Bonchev–Trinajstić information content (AvgIpc) is 3.81. The van der Waals surface area contributed by atoms with Gasteiger partial charge in [0.05, 0.1) is 0 Å². The van der Waals surface area contributed by atoms with Gasteiger partial charge >= 0.3 is 52.8 Å². The zero-order valence-corrected chi connectivity index (χ0v) is 48.4. The van der Waals surface area contributed by atoms with Gasteiger partial charge in [0.25, 0.3) is 55.7 Å². The fraction of sp³-hybridized carbons (Fsp3) is 1.00. The first-order chi connectivity index (χ1) is 25.3. The molecule has 0 spiro atoms. The van der Waals surface area contributed by atoms with Crippen molar-refractivity contribution in [1.29, 1.82) is 0 Å². The maximum absolute atomic E-state index is 7.14. The van der Waals surface area contributed by atoms with Gasteiger partial charge in [-0.05, 0) is 178 Å². The Bertz CT molecular complexity index is 1260. The molecule has 14 unspecified atom stereocenters. The maximum Gasteiger partial charge on any atom is 0.320 e. The van der Waals surface area contributed by atoms with E-state index in [-0.39, 0.29) is 0 Å². The molecule has 3 heterocycles. The standard InChI is InChI=1S/C30H72O12Si12/c1-43-31-45(3)35-51(9,36-46(4)32-43)15-13-23-18-28-20-26(23)22-30(28)54(12)41-49(7)37-52(10,38-50(8)42-54)16-14-24-17-27-19-25(24)21-29(27)53(11)39-47(5)33-44(2)34-48(6)40-53/h23-30,43-50H,13-22H2,1-12H3. The molecular formula is C30H72O12Si12. The van der Waals surface area contributed by atoms with E-state index in [2.05, 4.69) is 78.6 Å². The van der Waals surface area contributed by atoms with E-state index in [0.29, 0.717) is 22.9 Å². The van der Waals surface area contributed by atoms with Crippen LogP contribution < -0.4 is 0 Å². The molecule has 24 heteroatoms. The molecule has 312 valence electrons. The molecule has 7 aliphatic rings. The lowest BCUT2D eigenvalue weighted by atomic mass is 9.86. The van der Waals surface area contributed by atoms with E-state index in [4.69, 9.17) is 49.4 Å². The monoisotopic (exact) mass is 960 g/mol. The van der Waals surface area contributed by atoms with Crippen LogP contribution in [0.4, 0.5) is 0 Å². The van der Waals surface area contributed by atoms with E-state index in [1.807, 2.05) is 0 Å². The van der Waals surface area contributed by atoms with Gasteiger partial charge in [-0.25, -0.2) is 0 Å². The van der Waals surface area contributed by atoms with Crippen molar-refractivity contribution < 1.29 is 49.4 Å². The molecule has 0 amide bonds. The van der Waals surface area contributed by atoms with Crippen molar-refractivity contribution in [2.24, 2.45) is 35.5 Å². The van der Waals surface area contributed by atoms with Crippen LogP contribution in [-0.4, -0.2) is 109 Å². The molecule has 0 radical (unpaired) electrons. The summed E-state index contributed by atoms with van der Waals surface area (Å²) in [5.41, 5.74) is 1.10. The Morgan fingerprint density at radius 2 is 0.685 bits per heavy atom. The lowest BCUT2D eigenvalue weighted by Gasteiger charge is -2.46. The van der Waals surface area contributed by atoms with Gasteiger partial charge < -0.3 is 49.4 Å². The lowest BCUT2D eigenvalue weighted by molar-refractivity contribution is 0.220. The van der Waals surface area contributed by atoms with Gasteiger partial charge in [0, 0.05) is 11.1 Å². The third kappa shape index (κ3) is 10.2. The Balaban J connectivity index is 0.896. The molecule has 14 atom stereocenters. The van der Waals surface area contributed by atoms with Gasteiger partial charge in [0.1, 0.15) is 0 Å². The zero-order chi connectivity index (χ0) is 38.8. The highest BCUT2D eigenvalue weighted by Crippen LogP contribution is 2.61.